The highest BCUT2D eigenvalue weighted by molar-refractivity contribution is 4.79. The van der Waals surface area contributed by atoms with Gasteiger partial charge in [0.2, 0.25) is 6.39 Å². The van der Waals surface area contributed by atoms with Crippen LogP contribution in [-0.2, 0) is 6.54 Å². The zero-order valence-corrected chi connectivity index (χ0v) is 4.53. The quantitative estimate of drug-likeness (QED) is 0.430. The molecule has 1 N–H and O–H groups in total. The van der Waals surface area contributed by atoms with Gasteiger partial charge in [0, 0.05) is 0 Å². The number of nitrogens with one attached hydrogen (secondary N) is 1. The number of hydrogen-bond acceptors (Lipinski definition) is 5. The van der Waals surface area contributed by atoms with Crippen LogP contribution in [0.2, 0.25) is 0 Å². The monoisotopic (exact) mass is 124 g/mol. The molecule has 5 heteroatoms. The van der Waals surface area contributed by atoms with E-state index in [2.05, 4.69) is 20.0 Å². The molecule has 0 aliphatic carbocycles. The molecule has 1 heterocycles. The lowest BCUT2D eigenvalue weighted by molar-refractivity contribution is 0.409. The molecule has 0 spiro atoms. The van der Waals surface area contributed by atoms with Gasteiger partial charge in [0.25, 0.3) is 0 Å². The summed E-state index contributed by atoms with van der Waals surface area (Å²) in [6, 6.07) is 0. The normalized spacial score (nSPS) is 8.33. The largest absolute Gasteiger partial charge is 0.343 e. The molecule has 0 atom stereocenters. The van der Waals surface area contributed by atoms with Gasteiger partial charge in [0.05, 0.1) is 6.54 Å². The summed E-state index contributed by atoms with van der Waals surface area (Å²) in [7, 11) is 0. The van der Waals surface area contributed by atoms with Crippen LogP contribution in [0.1, 0.15) is 5.82 Å². The van der Waals surface area contributed by atoms with Gasteiger partial charge in [-0.25, -0.2) is 0 Å². The van der Waals surface area contributed by atoms with Crippen molar-refractivity contribution in [3.8, 4) is 6.19 Å². The number of nitriles is 1. The van der Waals surface area contributed by atoms with E-state index in [1.807, 2.05) is 0 Å². The first-order valence-corrected chi connectivity index (χ1v) is 2.30. The Morgan fingerprint density at radius 2 is 2.78 bits per heavy atom. The van der Waals surface area contributed by atoms with Crippen LogP contribution in [0.15, 0.2) is 10.9 Å². The van der Waals surface area contributed by atoms with Crippen molar-refractivity contribution < 1.29 is 4.52 Å². The molecule has 46 valence electrons. The van der Waals surface area contributed by atoms with E-state index in [4.69, 9.17) is 5.26 Å². The SMILES string of the molecule is N#CNCc1ncon1. The molecule has 0 aromatic carbocycles. The van der Waals surface area contributed by atoms with Crippen LogP contribution in [0.25, 0.3) is 0 Å². The molecular weight excluding hydrogens is 120 g/mol. The lowest BCUT2D eigenvalue weighted by atomic mass is 10.6. The fourth-order valence-electron chi connectivity index (χ4n) is 0.389. The number of nitrogens with zero attached hydrogens (tertiary/aromatic N) is 3. The number of rotatable bonds is 2. The van der Waals surface area contributed by atoms with Crippen LogP contribution in [0.4, 0.5) is 0 Å². The molecule has 0 bridgehead atoms. The van der Waals surface area contributed by atoms with Gasteiger partial charge in [-0.15, -0.1) is 0 Å². The molecule has 0 amide bonds. The third-order valence-corrected chi connectivity index (χ3v) is 0.733. The van der Waals surface area contributed by atoms with Gasteiger partial charge < -0.3 is 9.84 Å². The van der Waals surface area contributed by atoms with Crippen LogP contribution in [0, 0.1) is 11.5 Å². The molecule has 0 fully saturated rings. The summed E-state index contributed by atoms with van der Waals surface area (Å²) in [5, 5.41) is 13.8. The highest BCUT2D eigenvalue weighted by atomic mass is 16.5. The van der Waals surface area contributed by atoms with Gasteiger partial charge in [-0.3, -0.25) is 0 Å². The van der Waals surface area contributed by atoms with Gasteiger partial charge in [0.1, 0.15) is 0 Å². The Labute approximate surface area is 51.3 Å². The van der Waals surface area contributed by atoms with Crippen molar-refractivity contribution in [2.45, 2.75) is 6.54 Å². The van der Waals surface area contributed by atoms with E-state index in [1.54, 1.807) is 6.19 Å². The number of aromatic nitrogens is 2. The minimum atomic E-state index is 0.326. The highest BCUT2D eigenvalue weighted by Crippen LogP contribution is 1.84. The summed E-state index contributed by atoms with van der Waals surface area (Å²) in [4.78, 5) is 3.66. The van der Waals surface area contributed by atoms with Crippen molar-refractivity contribution in [1.82, 2.24) is 15.5 Å². The molecule has 0 radical (unpaired) electrons. The summed E-state index contributed by atoms with van der Waals surface area (Å²) >= 11 is 0. The molecule has 0 aliphatic rings. The second-order valence-corrected chi connectivity index (χ2v) is 1.31. The molecule has 1 aromatic rings. The second kappa shape index (κ2) is 2.67. The molecule has 0 saturated carbocycles. The molecule has 0 saturated heterocycles. The fraction of sp³-hybridized carbons (Fsp3) is 0.250. The first-order chi connectivity index (χ1) is 4.43. The Balaban J connectivity index is 2.41. The molecule has 1 rings (SSSR count). The van der Waals surface area contributed by atoms with E-state index >= 15 is 0 Å². The minimum Gasteiger partial charge on any atom is -0.343 e. The standard InChI is InChI=1S/C4H4N4O/c5-2-6-1-4-7-3-9-8-4/h3,6H,1H2. The summed E-state index contributed by atoms with van der Waals surface area (Å²) < 4.78 is 4.40. The molecule has 5 nitrogen and oxygen atoms in total. The summed E-state index contributed by atoms with van der Waals surface area (Å²) in [6.45, 7) is 0.326. The van der Waals surface area contributed by atoms with E-state index in [-0.39, 0.29) is 0 Å². The third-order valence-electron chi connectivity index (χ3n) is 0.733. The molecule has 1 aromatic heterocycles. The van der Waals surface area contributed by atoms with Crippen LogP contribution in [0.5, 0.6) is 0 Å². The highest BCUT2D eigenvalue weighted by Gasteiger charge is 1.93. The van der Waals surface area contributed by atoms with Crippen molar-refractivity contribution >= 4 is 0 Å². The first-order valence-electron chi connectivity index (χ1n) is 2.30. The van der Waals surface area contributed by atoms with Crippen LogP contribution < -0.4 is 5.32 Å². The maximum atomic E-state index is 8.02. The zero-order chi connectivity index (χ0) is 6.53. The van der Waals surface area contributed by atoms with Gasteiger partial charge in [-0.2, -0.15) is 10.2 Å². The summed E-state index contributed by atoms with van der Waals surface area (Å²) in [5.41, 5.74) is 0. The van der Waals surface area contributed by atoms with Crippen LogP contribution in [-0.4, -0.2) is 10.1 Å². The van der Waals surface area contributed by atoms with Gasteiger partial charge in [-0.1, -0.05) is 5.16 Å². The van der Waals surface area contributed by atoms with Crippen LogP contribution >= 0.6 is 0 Å². The van der Waals surface area contributed by atoms with Crippen molar-refractivity contribution in [2.24, 2.45) is 0 Å². The van der Waals surface area contributed by atoms with Crippen molar-refractivity contribution in [3.63, 3.8) is 0 Å². The van der Waals surface area contributed by atoms with Gasteiger partial charge in [0.15, 0.2) is 12.0 Å². The molecule has 9 heavy (non-hydrogen) atoms. The first kappa shape index (κ1) is 5.56. The van der Waals surface area contributed by atoms with E-state index in [0.29, 0.717) is 12.4 Å². The predicted molar refractivity (Wildman–Crippen MR) is 26.8 cm³/mol. The van der Waals surface area contributed by atoms with Gasteiger partial charge in [-0.05, 0) is 0 Å². The average molecular weight is 124 g/mol. The Kier molecular flexibility index (Phi) is 1.65. The predicted octanol–water partition coefficient (Wildman–Crippen LogP) is -0.360. The maximum absolute atomic E-state index is 8.02. The summed E-state index contributed by atoms with van der Waals surface area (Å²) in [6.07, 6.45) is 2.95. The average Bonchev–Trinajstić information content (AvgIpc) is 2.34. The second-order valence-electron chi connectivity index (χ2n) is 1.31. The van der Waals surface area contributed by atoms with Crippen molar-refractivity contribution in [1.29, 1.82) is 5.26 Å². The Hall–Kier alpha value is -1.57. The lowest BCUT2D eigenvalue weighted by Crippen LogP contribution is -2.05. The summed E-state index contributed by atoms with van der Waals surface area (Å²) in [5.74, 6) is 0.483. The van der Waals surface area contributed by atoms with Crippen LogP contribution in [0.3, 0.4) is 0 Å². The Morgan fingerprint density at radius 1 is 1.89 bits per heavy atom. The smallest absolute Gasteiger partial charge is 0.213 e. The number of hydrogen-bond donors (Lipinski definition) is 1. The molecular formula is C4H4N4O. The minimum absolute atomic E-state index is 0.326. The van der Waals surface area contributed by atoms with E-state index in [9.17, 15) is 0 Å². The van der Waals surface area contributed by atoms with E-state index in [0.717, 1.165) is 0 Å². The zero-order valence-electron chi connectivity index (χ0n) is 4.53. The third kappa shape index (κ3) is 1.42. The molecule has 0 unspecified atom stereocenters. The molecule has 0 aliphatic heterocycles. The maximum Gasteiger partial charge on any atom is 0.213 e. The lowest BCUT2D eigenvalue weighted by Gasteiger charge is -1.84. The topological polar surface area (TPSA) is 74.7 Å². The van der Waals surface area contributed by atoms with E-state index < -0.39 is 0 Å². The van der Waals surface area contributed by atoms with Crippen molar-refractivity contribution in [2.75, 3.05) is 0 Å². The fourth-order valence-corrected chi connectivity index (χ4v) is 0.389. The van der Waals surface area contributed by atoms with E-state index in [1.165, 1.54) is 6.39 Å². The van der Waals surface area contributed by atoms with Gasteiger partial charge >= 0.3 is 0 Å². The Bertz CT molecular complexity index is 199. The van der Waals surface area contributed by atoms with Crippen molar-refractivity contribution in [3.05, 3.63) is 12.2 Å². The Morgan fingerprint density at radius 3 is 3.33 bits per heavy atom.